The molecule has 0 bridgehead atoms. The van der Waals surface area contributed by atoms with Crippen LogP contribution in [0, 0.1) is 0 Å². The summed E-state index contributed by atoms with van der Waals surface area (Å²) in [5, 5.41) is 13.5. The summed E-state index contributed by atoms with van der Waals surface area (Å²) in [7, 11) is 0. The van der Waals surface area contributed by atoms with Gasteiger partial charge in [-0.2, -0.15) is 5.10 Å². The average Bonchev–Trinajstić information content (AvgIpc) is 2.75. The van der Waals surface area contributed by atoms with Gasteiger partial charge in [0.25, 0.3) is 0 Å². The number of aliphatic carboxylic acids is 1. The van der Waals surface area contributed by atoms with Crippen LogP contribution in [-0.4, -0.2) is 30.4 Å². The van der Waals surface area contributed by atoms with E-state index < -0.39 is 12.0 Å². The molecule has 1 aliphatic rings. The molecule has 0 aliphatic carbocycles. The Balaban J connectivity index is 1.99. The maximum absolute atomic E-state index is 12.4. The number of carboxylic acid groups (broad SMARTS) is 1. The van der Waals surface area contributed by atoms with Gasteiger partial charge in [0, 0.05) is 23.3 Å². The first-order valence-corrected chi connectivity index (χ1v) is 7.36. The van der Waals surface area contributed by atoms with Gasteiger partial charge in [-0.3, -0.25) is 9.55 Å². The van der Waals surface area contributed by atoms with Gasteiger partial charge in [-0.1, -0.05) is 0 Å². The minimum atomic E-state index is -0.985. The second-order valence-electron chi connectivity index (χ2n) is 4.98. The molecule has 8 heteroatoms. The van der Waals surface area contributed by atoms with E-state index >= 15 is 0 Å². The molecule has 1 atom stereocenters. The number of aromatic nitrogens is 4. The highest BCUT2D eigenvalue weighted by atomic mass is 79.9. The molecule has 3 rings (SSSR count). The number of rotatable bonds is 3. The molecule has 3 heterocycles. The monoisotopic (exact) mass is 352 g/mol. The Hall–Kier alpha value is -1.96. The van der Waals surface area contributed by atoms with E-state index in [1.54, 1.807) is 12.4 Å². The highest BCUT2D eigenvalue weighted by Crippen LogP contribution is 2.22. The molecule has 2 aromatic rings. The molecule has 0 unspecified atom stereocenters. The van der Waals surface area contributed by atoms with Crippen molar-refractivity contribution in [3.8, 4) is 0 Å². The molecule has 0 fully saturated rings. The minimum Gasteiger partial charge on any atom is -0.480 e. The SMILES string of the molecule is O=C(O)[C@@H]1CCCc2nn(Cc3cncc(Br)c3)c(=O)n21. The minimum absolute atomic E-state index is 0.275. The third kappa shape index (κ3) is 2.63. The number of carboxylic acids is 1. The number of carbonyl (C=O) groups is 1. The summed E-state index contributed by atoms with van der Waals surface area (Å²) in [6, 6.07) is 1.04. The Labute approximate surface area is 128 Å². The third-order valence-corrected chi connectivity index (χ3v) is 3.94. The van der Waals surface area contributed by atoms with Crippen molar-refractivity contribution in [2.75, 3.05) is 0 Å². The first kappa shape index (κ1) is 14.0. The predicted molar refractivity (Wildman–Crippen MR) is 77.1 cm³/mol. The zero-order valence-electron chi connectivity index (χ0n) is 11.1. The molecule has 0 saturated heterocycles. The lowest BCUT2D eigenvalue weighted by Gasteiger charge is -2.19. The topological polar surface area (TPSA) is 90.0 Å². The fraction of sp³-hybridized carbons (Fsp3) is 0.385. The van der Waals surface area contributed by atoms with Gasteiger partial charge in [-0.15, -0.1) is 0 Å². The lowest BCUT2D eigenvalue weighted by atomic mass is 10.1. The smallest absolute Gasteiger partial charge is 0.347 e. The van der Waals surface area contributed by atoms with Crippen LogP contribution in [-0.2, 0) is 17.8 Å². The van der Waals surface area contributed by atoms with Crippen molar-refractivity contribution >= 4 is 21.9 Å². The number of halogens is 1. The lowest BCUT2D eigenvalue weighted by Crippen LogP contribution is -2.34. The van der Waals surface area contributed by atoms with E-state index in [1.165, 1.54) is 9.25 Å². The van der Waals surface area contributed by atoms with Crippen LogP contribution in [0.3, 0.4) is 0 Å². The molecule has 7 nitrogen and oxygen atoms in total. The average molecular weight is 353 g/mol. The van der Waals surface area contributed by atoms with Gasteiger partial charge in [0.1, 0.15) is 11.9 Å². The maximum atomic E-state index is 12.4. The van der Waals surface area contributed by atoms with Crippen molar-refractivity contribution in [3.63, 3.8) is 0 Å². The normalized spacial score (nSPS) is 17.5. The Morgan fingerprint density at radius 1 is 1.48 bits per heavy atom. The zero-order chi connectivity index (χ0) is 15.0. The second-order valence-corrected chi connectivity index (χ2v) is 5.90. The van der Waals surface area contributed by atoms with Crippen molar-refractivity contribution in [3.05, 3.63) is 44.8 Å². The number of fused-ring (bicyclic) bond motifs is 1. The van der Waals surface area contributed by atoms with Crippen LogP contribution in [0.4, 0.5) is 0 Å². The van der Waals surface area contributed by atoms with Gasteiger partial charge in [0.15, 0.2) is 0 Å². The molecule has 21 heavy (non-hydrogen) atoms. The summed E-state index contributed by atoms with van der Waals surface area (Å²) in [5.41, 5.74) is 0.450. The summed E-state index contributed by atoms with van der Waals surface area (Å²) in [5.74, 6) is -0.441. The number of aryl methyl sites for hydroxylation is 1. The number of pyridine rings is 1. The molecular formula is C13H13BrN4O3. The molecule has 0 radical (unpaired) electrons. The van der Waals surface area contributed by atoms with Crippen LogP contribution in [0.5, 0.6) is 0 Å². The van der Waals surface area contributed by atoms with E-state index in [-0.39, 0.29) is 12.2 Å². The van der Waals surface area contributed by atoms with Crippen molar-refractivity contribution in [2.24, 2.45) is 0 Å². The molecule has 0 spiro atoms. The van der Waals surface area contributed by atoms with Gasteiger partial charge in [0.05, 0.1) is 6.54 Å². The van der Waals surface area contributed by atoms with E-state index in [4.69, 9.17) is 0 Å². The van der Waals surface area contributed by atoms with E-state index in [1.807, 2.05) is 6.07 Å². The predicted octanol–water partition coefficient (Wildman–Crippen LogP) is 1.21. The molecular weight excluding hydrogens is 340 g/mol. The molecule has 0 aromatic carbocycles. The highest BCUT2D eigenvalue weighted by molar-refractivity contribution is 9.10. The Bertz CT molecular complexity index is 752. The standard InChI is InChI=1S/C13H13BrN4O3/c14-9-4-8(5-15-6-9)7-17-13(21)18-10(12(19)20)2-1-3-11(18)16-17/h4-6,10H,1-3,7H2,(H,19,20)/t10-/m0/s1. The van der Waals surface area contributed by atoms with Gasteiger partial charge < -0.3 is 5.11 Å². The van der Waals surface area contributed by atoms with Crippen molar-refractivity contribution < 1.29 is 9.90 Å². The number of hydrogen-bond donors (Lipinski definition) is 1. The first-order valence-electron chi connectivity index (χ1n) is 6.56. The largest absolute Gasteiger partial charge is 0.480 e. The highest BCUT2D eigenvalue weighted by Gasteiger charge is 2.30. The summed E-state index contributed by atoms with van der Waals surface area (Å²) < 4.78 is 3.43. The van der Waals surface area contributed by atoms with Crippen molar-refractivity contribution in [1.29, 1.82) is 0 Å². The fourth-order valence-electron chi connectivity index (χ4n) is 2.58. The number of nitrogens with zero attached hydrogens (tertiary/aromatic N) is 4. The molecule has 1 aliphatic heterocycles. The van der Waals surface area contributed by atoms with Crippen LogP contribution in [0.2, 0.25) is 0 Å². The van der Waals surface area contributed by atoms with E-state index in [2.05, 4.69) is 26.0 Å². The lowest BCUT2D eigenvalue weighted by molar-refractivity contribution is -0.141. The molecule has 0 saturated carbocycles. The fourth-order valence-corrected chi connectivity index (χ4v) is 3.00. The third-order valence-electron chi connectivity index (χ3n) is 3.51. The van der Waals surface area contributed by atoms with Crippen LogP contribution in [0.1, 0.15) is 30.3 Å². The summed E-state index contributed by atoms with van der Waals surface area (Å²) in [4.78, 5) is 27.7. The molecule has 0 amide bonds. The van der Waals surface area contributed by atoms with Crippen molar-refractivity contribution in [2.45, 2.75) is 31.8 Å². The van der Waals surface area contributed by atoms with Crippen LogP contribution in [0.15, 0.2) is 27.7 Å². The Morgan fingerprint density at radius 3 is 3.00 bits per heavy atom. The van der Waals surface area contributed by atoms with E-state index in [0.717, 1.165) is 16.5 Å². The van der Waals surface area contributed by atoms with Gasteiger partial charge in [-0.25, -0.2) is 14.3 Å². The quantitative estimate of drug-likeness (QED) is 0.896. The second kappa shape index (κ2) is 5.44. The van der Waals surface area contributed by atoms with Crippen molar-refractivity contribution in [1.82, 2.24) is 19.3 Å². The van der Waals surface area contributed by atoms with Gasteiger partial charge in [-0.05, 0) is 40.4 Å². The number of hydrogen-bond acceptors (Lipinski definition) is 4. The summed E-state index contributed by atoms with van der Waals surface area (Å²) >= 11 is 3.33. The zero-order valence-corrected chi connectivity index (χ0v) is 12.7. The molecule has 110 valence electrons. The summed E-state index contributed by atoms with van der Waals surface area (Å²) in [6.07, 6.45) is 5.14. The van der Waals surface area contributed by atoms with E-state index in [0.29, 0.717) is 18.7 Å². The Kier molecular flexibility index (Phi) is 3.62. The van der Waals surface area contributed by atoms with Gasteiger partial charge in [0.2, 0.25) is 0 Å². The van der Waals surface area contributed by atoms with Crippen LogP contribution < -0.4 is 5.69 Å². The van der Waals surface area contributed by atoms with E-state index in [9.17, 15) is 14.7 Å². The molecule has 1 N–H and O–H groups in total. The Morgan fingerprint density at radius 2 is 2.29 bits per heavy atom. The molecule has 2 aromatic heterocycles. The van der Waals surface area contributed by atoms with Gasteiger partial charge >= 0.3 is 11.7 Å². The first-order chi connectivity index (χ1) is 10.1. The summed E-state index contributed by atoms with van der Waals surface area (Å²) in [6.45, 7) is 0.275. The maximum Gasteiger partial charge on any atom is 0.347 e. The van der Waals surface area contributed by atoms with Crippen LogP contribution in [0.25, 0.3) is 0 Å². The van der Waals surface area contributed by atoms with Crippen LogP contribution >= 0.6 is 15.9 Å².